The number of aromatic amines is 1. The van der Waals surface area contributed by atoms with Crippen LogP contribution >= 0.6 is 11.6 Å². The van der Waals surface area contributed by atoms with Crippen molar-refractivity contribution in [2.45, 2.75) is 6.42 Å². The van der Waals surface area contributed by atoms with Crippen LogP contribution in [-0.2, 0) is 11.2 Å². The van der Waals surface area contributed by atoms with E-state index in [-0.39, 0.29) is 18.0 Å². The monoisotopic (exact) mass is 505 g/mol. The van der Waals surface area contributed by atoms with Crippen molar-refractivity contribution < 1.29 is 9.18 Å². The second kappa shape index (κ2) is 10.0. The van der Waals surface area contributed by atoms with E-state index >= 15 is 0 Å². The van der Waals surface area contributed by atoms with Gasteiger partial charge < -0.3 is 15.1 Å². The van der Waals surface area contributed by atoms with Crippen molar-refractivity contribution in [3.05, 3.63) is 71.7 Å². The number of likely N-dealkylation sites (N-methyl/N-ethyl adjacent to an activating group) is 1. The van der Waals surface area contributed by atoms with E-state index in [9.17, 15) is 9.18 Å². The fourth-order valence-corrected chi connectivity index (χ4v) is 4.45. The fraction of sp³-hybridized carbons (Fsp3) is 0.231. The molecule has 1 saturated heterocycles. The third-order valence-electron chi connectivity index (χ3n) is 6.25. The number of anilines is 3. The number of nitrogens with zero attached hydrogens (tertiary/aromatic N) is 5. The summed E-state index contributed by atoms with van der Waals surface area (Å²) in [5.74, 6) is -0.0519. The van der Waals surface area contributed by atoms with Crippen LogP contribution in [-0.4, -0.2) is 64.1 Å². The normalized spacial score (nSPS) is 14.2. The second-order valence-electron chi connectivity index (χ2n) is 8.77. The zero-order valence-corrected chi connectivity index (χ0v) is 20.5. The molecule has 1 aliphatic heterocycles. The lowest BCUT2D eigenvalue weighted by Gasteiger charge is -2.34. The van der Waals surface area contributed by atoms with Crippen LogP contribution in [0.25, 0.3) is 22.3 Å². The second-order valence-corrected chi connectivity index (χ2v) is 9.18. The van der Waals surface area contributed by atoms with Crippen LogP contribution < -0.4 is 10.2 Å². The van der Waals surface area contributed by atoms with Gasteiger partial charge in [-0.3, -0.25) is 9.89 Å². The molecule has 184 valence electrons. The van der Waals surface area contributed by atoms with Crippen molar-refractivity contribution >= 4 is 45.7 Å². The first-order chi connectivity index (χ1) is 17.4. The number of benzene rings is 2. The zero-order valence-electron chi connectivity index (χ0n) is 19.8. The number of halogens is 2. The van der Waals surface area contributed by atoms with E-state index in [1.54, 1.807) is 30.5 Å². The first-order valence-corrected chi connectivity index (χ1v) is 11.9. The minimum absolute atomic E-state index is 0.0887. The Morgan fingerprint density at radius 1 is 1.19 bits per heavy atom. The molecule has 2 N–H and O–H groups in total. The summed E-state index contributed by atoms with van der Waals surface area (Å²) in [7, 11) is 2.06. The molecule has 36 heavy (non-hydrogen) atoms. The lowest BCUT2D eigenvalue weighted by atomic mass is 10.0. The smallest absolute Gasteiger partial charge is 0.229 e. The van der Waals surface area contributed by atoms with Gasteiger partial charge in [0.05, 0.1) is 28.0 Å². The van der Waals surface area contributed by atoms with Gasteiger partial charge in [-0.2, -0.15) is 10.1 Å². The van der Waals surface area contributed by atoms with Crippen molar-refractivity contribution in [3.63, 3.8) is 0 Å². The maximum Gasteiger partial charge on any atom is 0.229 e. The highest BCUT2D eigenvalue weighted by atomic mass is 35.5. The summed E-state index contributed by atoms with van der Waals surface area (Å²) in [6.07, 6.45) is 3.15. The van der Waals surface area contributed by atoms with Gasteiger partial charge in [-0.15, -0.1) is 0 Å². The number of ketones is 1. The van der Waals surface area contributed by atoms with Crippen LogP contribution in [0.1, 0.15) is 5.56 Å². The number of piperazine rings is 1. The van der Waals surface area contributed by atoms with E-state index in [2.05, 4.69) is 39.0 Å². The molecule has 0 amide bonds. The van der Waals surface area contributed by atoms with Gasteiger partial charge in [0.25, 0.3) is 0 Å². The summed E-state index contributed by atoms with van der Waals surface area (Å²) in [6, 6.07) is 10.3. The Balaban J connectivity index is 1.50. The highest BCUT2D eigenvalue weighted by Gasteiger charge is 2.19. The highest BCUT2D eigenvalue weighted by Crippen LogP contribution is 2.34. The Morgan fingerprint density at radius 3 is 2.78 bits per heavy atom. The molecule has 0 aliphatic carbocycles. The maximum atomic E-state index is 14.7. The number of hydrogen-bond donors (Lipinski definition) is 2. The Hall–Kier alpha value is -3.82. The first kappa shape index (κ1) is 23.9. The molecule has 2 aromatic carbocycles. The molecular formula is C26H25ClFN7O. The standard InChI is InChI=1S/C26H25ClFN7O/c1-3-18(36)12-16-4-6-21(27)19(13-16)24-20-15-29-33-25(20)32-26(31-24)30-17-5-7-22(28)23(14-17)35-10-8-34(2)9-11-35/h3-7,13-15H,1,8-12H2,2H3,(H2,29,30,31,32,33). The molecule has 0 saturated carbocycles. The van der Waals surface area contributed by atoms with Crippen molar-refractivity contribution in [1.29, 1.82) is 0 Å². The minimum atomic E-state index is -0.270. The number of nitrogens with one attached hydrogen (secondary N) is 2. The number of carbonyl (C=O) groups is 1. The average molecular weight is 506 g/mol. The molecule has 1 aliphatic rings. The molecule has 5 rings (SSSR count). The van der Waals surface area contributed by atoms with Gasteiger partial charge in [-0.05, 0) is 49.0 Å². The Bertz CT molecular complexity index is 1450. The van der Waals surface area contributed by atoms with E-state index in [1.807, 2.05) is 11.0 Å². The number of rotatable bonds is 7. The molecule has 3 heterocycles. The number of fused-ring (bicyclic) bond motifs is 1. The zero-order chi connectivity index (χ0) is 25.2. The summed E-state index contributed by atoms with van der Waals surface area (Å²) in [4.78, 5) is 25.4. The highest BCUT2D eigenvalue weighted by molar-refractivity contribution is 6.33. The summed E-state index contributed by atoms with van der Waals surface area (Å²) in [5, 5.41) is 11.4. The summed E-state index contributed by atoms with van der Waals surface area (Å²) < 4.78 is 14.7. The number of carbonyl (C=O) groups excluding carboxylic acids is 1. The van der Waals surface area contributed by atoms with Gasteiger partial charge in [0, 0.05) is 43.9 Å². The number of allylic oxidation sites excluding steroid dienone is 1. The number of aromatic nitrogens is 4. The van der Waals surface area contributed by atoms with E-state index in [1.165, 1.54) is 12.1 Å². The van der Waals surface area contributed by atoms with E-state index in [0.29, 0.717) is 44.6 Å². The molecule has 0 unspecified atom stereocenters. The SMILES string of the molecule is C=CC(=O)Cc1ccc(Cl)c(-c2nc(Nc3ccc(F)c(N4CCN(C)CC4)c3)nc3[nH]ncc23)c1. The molecule has 0 radical (unpaired) electrons. The van der Waals surface area contributed by atoms with Gasteiger partial charge in [-0.1, -0.05) is 24.2 Å². The van der Waals surface area contributed by atoms with Crippen LogP contribution in [0.2, 0.25) is 5.02 Å². The van der Waals surface area contributed by atoms with Gasteiger partial charge in [-0.25, -0.2) is 9.37 Å². The molecule has 8 nitrogen and oxygen atoms in total. The van der Waals surface area contributed by atoms with E-state index < -0.39 is 0 Å². The third kappa shape index (κ3) is 4.93. The Kier molecular flexibility index (Phi) is 6.67. The molecular weight excluding hydrogens is 481 g/mol. The fourth-order valence-electron chi connectivity index (χ4n) is 4.24. The lowest BCUT2D eigenvalue weighted by molar-refractivity contribution is -0.114. The largest absolute Gasteiger partial charge is 0.367 e. The van der Waals surface area contributed by atoms with Gasteiger partial charge >= 0.3 is 0 Å². The minimum Gasteiger partial charge on any atom is -0.367 e. The van der Waals surface area contributed by atoms with Gasteiger partial charge in [0.2, 0.25) is 5.95 Å². The summed E-state index contributed by atoms with van der Waals surface area (Å²) >= 11 is 6.55. The number of H-pyrrole nitrogens is 1. The van der Waals surface area contributed by atoms with Crippen molar-refractivity contribution in [2.24, 2.45) is 0 Å². The van der Waals surface area contributed by atoms with Crippen LogP contribution in [0.3, 0.4) is 0 Å². The molecule has 2 aromatic heterocycles. The average Bonchev–Trinajstić information content (AvgIpc) is 3.35. The molecule has 10 heteroatoms. The van der Waals surface area contributed by atoms with Gasteiger partial charge in [0.1, 0.15) is 5.82 Å². The molecule has 0 atom stereocenters. The van der Waals surface area contributed by atoms with E-state index in [0.717, 1.165) is 31.7 Å². The quantitative estimate of drug-likeness (QED) is 0.355. The molecule has 4 aromatic rings. The predicted molar refractivity (Wildman–Crippen MR) is 140 cm³/mol. The van der Waals surface area contributed by atoms with Crippen LogP contribution in [0, 0.1) is 5.82 Å². The lowest BCUT2D eigenvalue weighted by Crippen LogP contribution is -2.44. The first-order valence-electron chi connectivity index (χ1n) is 11.6. The number of hydrogen-bond acceptors (Lipinski definition) is 7. The Morgan fingerprint density at radius 2 is 2.00 bits per heavy atom. The topological polar surface area (TPSA) is 90.0 Å². The van der Waals surface area contributed by atoms with Crippen LogP contribution in [0.5, 0.6) is 0 Å². The molecule has 0 spiro atoms. The maximum absolute atomic E-state index is 14.7. The van der Waals surface area contributed by atoms with Gasteiger partial charge in [0.15, 0.2) is 11.4 Å². The van der Waals surface area contributed by atoms with Crippen molar-refractivity contribution in [3.8, 4) is 11.3 Å². The van der Waals surface area contributed by atoms with Crippen molar-refractivity contribution in [1.82, 2.24) is 25.1 Å². The van der Waals surface area contributed by atoms with Crippen molar-refractivity contribution in [2.75, 3.05) is 43.4 Å². The predicted octanol–water partition coefficient (Wildman–Crippen LogP) is 4.61. The summed E-state index contributed by atoms with van der Waals surface area (Å²) in [6.45, 7) is 6.79. The van der Waals surface area contributed by atoms with Crippen LogP contribution in [0.4, 0.5) is 21.7 Å². The Labute approximate surface area is 212 Å². The van der Waals surface area contributed by atoms with E-state index in [4.69, 9.17) is 16.6 Å². The molecule has 0 bridgehead atoms. The molecule has 1 fully saturated rings. The van der Waals surface area contributed by atoms with Crippen LogP contribution in [0.15, 0.2) is 55.3 Å². The summed E-state index contributed by atoms with van der Waals surface area (Å²) in [5.41, 5.74) is 3.73. The third-order valence-corrected chi connectivity index (χ3v) is 6.58.